The van der Waals surface area contributed by atoms with Gasteiger partial charge in [0.15, 0.2) is 0 Å². The van der Waals surface area contributed by atoms with Crippen LogP contribution in [0.2, 0.25) is 0 Å². The van der Waals surface area contributed by atoms with Crippen molar-refractivity contribution in [2.24, 2.45) is 0 Å². The monoisotopic (exact) mass is 244 g/mol. The van der Waals surface area contributed by atoms with E-state index in [1.807, 2.05) is 12.1 Å². The quantitative estimate of drug-likeness (QED) is 0.359. The molecule has 0 radical (unpaired) electrons. The molecule has 90 valence electrons. The third kappa shape index (κ3) is 3.68. The molecule has 0 aromatic heterocycles. The lowest BCUT2D eigenvalue weighted by atomic mass is 9.99. The molecule has 4 nitrogen and oxygen atoms in total. The number of hydrogen-bond acceptors (Lipinski definition) is 5. The molecule has 1 aromatic rings. The first kappa shape index (κ1) is 13.3. The van der Waals surface area contributed by atoms with E-state index >= 15 is 0 Å². The Labute approximate surface area is 99.6 Å². The van der Waals surface area contributed by atoms with E-state index in [-0.39, 0.29) is 5.75 Å². The zero-order valence-corrected chi connectivity index (χ0v) is 10.4. The molecule has 1 rings (SSSR count). The largest absolute Gasteiger partial charge is 0.507 e. The van der Waals surface area contributed by atoms with E-state index < -0.39 is 0 Å². The fraction of sp³-hybridized carbons (Fsp3) is 0.455. The fourth-order valence-corrected chi connectivity index (χ4v) is 1.71. The van der Waals surface area contributed by atoms with Crippen molar-refractivity contribution < 1.29 is 19.4 Å². The maximum Gasteiger partial charge on any atom is 0.131 e. The van der Waals surface area contributed by atoms with E-state index in [1.54, 1.807) is 6.07 Å². The standard InChI is InChI=1S/C11H16O4S/c1-4-8(2)9-5-6-10(12)11(7-9)16-15-14-13-3/h5-8,12H,4H2,1-3H3. The van der Waals surface area contributed by atoms with E-state index in [0.717, 1.165) is 24.0 Å². The van der Waals surface area contributed by atoms with Gasteiger partial charge in [-0.3, -0.25) is 0 Å². The molecular formula is C11H16O4S. The van der Waals surface area contributed by atoms with Crippen LogP contribution >= 0.6 is 12.0 Å². The third-order valence-electron chi connectivity index (χ3n) is 2.38. The molecule has 0 saturated carbocycles. The van der Waals surface area contributed by atoms with Crippen LogP contribution in [0.15, 0.2) is 23.1 Å². The van der Waals surface area contributed by atoms with Crippen LogP contribution in [-0.4, -0.2) is 12.2 Å². The molecule has 0 heterocycles. The predicted octanol–water partition coefficient (Wildman–Crippen LogP) is 3.42. The van der Waals surface area contributed by atoms with Crippen molar-refractivity contribution in [1.82, 2.24) is 0 Å². The summed E-state index contributed by atoms with van der Waals surface area (Å²) in [5, 5.41) is 13.9. The van der Waals surface area contributed by atoms with Gasteiger partial charge in [0, 0.05) is 0 Å². The van der Waals surface area contributed by atoms with Crippen molar-refractivity contribution in [1.29, 1.82) is 0 Å². The molecule has 1 unspecified atom stereocenters. The van der Waals surface area contributed by atoms with Gasteiger partial charge in [0.05, 0.1) is 24.0 Å². The summed E-state index contributed by atoms with van der Waals surface area (Å²) in [5.74, 6) is 0.611. The maximum atomic E-state index is 9.59. The van der Waals surface area contributed by atoms with Crippen LogP contribution in [0.3, 0.4) is 0 Å². The highest BCUT2D eigenvalue weighted by Gasteiger charge is 2.09. The summed E-state index contributed by atoms with van der Waals surface area (Å²) < 4.78 is 4.65. The summed E-state index contributed by atoms with van der Waals surface area (Å²) in [6.45, 7) is 4.25. The molecule has 0 aliphatic heterocycles. The van der Waals surface area contributed by atoms with Gasteiger partial charge < -0.3 is 5.11 Å². The van der Waals surface area contributed by atoms with Crippen molar-refractivity contribution >= 4 is 12.0 Å². The lowest BCUT2D eigenvalue weighted by Gasteiger charge is -2.11. The van der Waals surface area contributed by atoms with Gasteiger partial charge in [-0.1, -0.05) is 25.0 Å². The summed E-state index contributed by atoms with van der Waals surface area (Å²) in [5.41, 5.74) is 1.16. The Hall–Kier alpha value is -0.750. The molecule has 1 aromatic carbocycles. The van der Waals surface area contributed by atoms with E-state index in [2.05, 4.69) is 28.1 Å². The second-order valence-corrected chi connectivity index (χ2v) is 4.17. The molecule has 0 aliphatic carbocycles. The van der Waals surface area contributed by atoms with Crippen LogP contribution in [0.1, 0.15) is 31.7 Å². The minimum Gasteiger partial charge on any atom is -0.507 e. The van der Waals surface area contributed by atoms with Gasteiger partial charge in [0.1, 0.15) is 5.75 Å². The van der Waals surface area contributed by atoms with Gasteiger partial charge in [-0.2, -0.15) is 0 Å². The average Bonchev–Trinajstić information content (AvgIpc) is 2.31. The Morgan fingerprint density at radius 2 is 2.19 bits per heavy atom. The molecule has 5 heteroatoms. The van der Waals surface area contributed by atoms with Crippen LogP contribution in [0.5, 0.6) is 5.75 Å². The Balaban J connectivity index is 2.74. The number of phenols is 1. The third-order valence-corrected chi connectivity index (χ3v) is 3.02. The van der Waals surface area contributed by atoms with Gasteiger partial charge in [0.2, 0.25) is 0 Å². The first-order chi connectivity index (χ1) is 7.69. The van der Waals surface area contributed by atoms with Gasteiger partial charge >= 0.3 is 0 Å². The van der Waals surface area contributed by atoms with Gasteiger partial charge in [-0.05, 0) is 30.0 Å². The van der Waals surface area contributed by atoms with Crippen molar-refractivity contribution in [3.8, 4) is 5.75 Å². The molecule has 0 saturated heterocycles. The summed E-state index contributed by atoms with van der Waals surface area (Å²) in [6.07, 6.45) is 1.05. The van der Waals surface area contributed by atoms with Crippen molar-refractivity contribution in [3.05, 3.63) is 23.8 Å². The van der Waals surface area contributed by atoms with Gasteiger partial charge in [-0.25, -0.2) is 4.89 Å². The first-order valence-electron chi connectivity index (χ1n) is 5.06. The van der Waals surface area contributed by atoms with Crippen molar-refractivity contribution in [3.63, 3.8) is 0 Å². The summed E-state index contributed by atoms with van der Waals surface area (Å²) in [4.78, 5) is 4.88. The Morgan fingerprint density at radius 3 is 2.81 bits per heavy atom. The van der Waals surface area contributed by atoms with Crippen LogP contribution in [0.25, 0.3) is 0 Å². The van der Waals surface area contributed by atoms with Crippen LogP contribution in [0.4, 0.5) is 0 Å². The van der Waals surface area contributed by atoms with Crippen LogP contribution in [0, 0.1) is 0 Å². The molecule has 0 aliphatic rings. The molecular weight excluding hydrogens is 228 g/mol. The van der Waals surface area contributed by atoms with E-state index in [9.17, 15) is 5.11 Å². The molecule has 0 spiro atoms. The van der Waals surface area contributed by atoms with Crippen LogP contribution < -0.4 is 0 Å². The Kier molecular flexibility index (Phi) is 5.62. The highest BCUT2D eigenvalue weighted by molar-refractivity contribution is 7.94. The molecule has 1 atom stereocenters. The van der Waals surface area contributed by atoms with Crippen molar-refractivity contribution in [2.75, 3.05) is 7.11 Å². The topological polar surface area (TPSA) is 47.9 Å². The van der Waals surface area contributed by atoms with Gasteiger partial charge in [0.25, 0.3) is 0 Å². The highest BCUT2D eigenvalue weighted by atomic mass is 32.2. The maximum absolute atomic E-state index is 9.59. The zero-order chi connectivity index (χ0) is 12.0. The first-order valence-corrected chi connectivity index (χ1v) is 5.80. The number of phenolic OH excluding ortho intramolecular Hbond substituents is 1. The number of rotatable bonds is 6. The van der Waals surface area contributed by atoms with Gasteiger partial charge in [-0.15, -0.1) is 4.33 Å². The molecule has 0 fully saturated rings. The predicted molar refractivity (Wildman–Crippen MR) is 61.8 cm³/mol. The van der Waals surface area contributed by atoms with E-state index in [1.165, 1.54) is 7.11 Å². The molecule has 1 N–H and O–H groups in total. The Bertz CT molecular complexity index is 330. The minimum atomic E-state index is 0.164. The molecule has 0 amide bonds. The minimum absolute atomic E-state index is 0.164. The number of benzene rings is 1. The second-order valence-electron chi connectivity index (χ2n) is 3.42. The van der Waals surface area contributed by atoms with Crippen molar-refractivity contribution in [2.45, 2.75) is 31.1 Å². The summed E-state index contributed by atoms with van der Waals surface area (Å²) in [6, 6.07) is 5.44. The zero-order valence-electron chi connectivity index (χ0n) is 9.60. The SMILES string of the molecule is CCC(C)c1ccc(O)c(SOOOC)c1. The highest BCUT2D eigenvalue weighted by Crippen LogP contribution is 2.32. The second kappa shape index (κ2) is 6.75. The lowest BCUT2D eigenvalue weighted by molar-refractivity contribution is -0.447. The smallest absolute Gasteiger partial charge is 0.131 e. The molecule has 16 heavy (non-hydrogen) atoms. The molecule has 0 bridgehead atoms. The average molecular weight is 244 g/mol. The summed E-state index contributed by atoms with van der Waals surface area (Å²) >= 11 is 0.916. The van der Waals surface area contributed by atoms with E-state index in [4.69, 9.17) is 0 Å². The van der Waals surface area contributed by atoms with Crippen LogP contribution in [-0.2, 0) is 14.3 Å². The number of hydrogen-bond donors (Lipinski definition) is 1. The lowest BCUT2D eigenvalue weighted by Crippen LogP contribution is -1.92. The number of aromatic hydroxyl groups is 1. The Morgan fingerprint density at radius 1 is 1.44 bits per heavy atom. The summed E-state index contributed by atoms with van der Waals surface area (Å²) in [7, 11) is 1.34. The fourth-order valence-electron chi connectivity index (χ4n) is 1.22. The van der Waals surface area contributed by atoms with E-state index in [0.29, 0.717) is 10.8 Å². The normalized spacial score (nSPS) is 12.7.